The van der Waals surface area contributed by atoms with Gasteiger partial charge in [0.25, 0.3) is 5.88 Å². The van der Waals surface area contributed by atoms with Gasteiger partial charge in [-0.1, -0.05) is 30.3 Å². The number of benzene rings is 1. The van der Waals surface area contributed by atoms with Crippen molar-refractivity contribution in [3.8, 4) is 22.8 Å². The van der Waals surface area contributed by atoms with Gasteiger partial charge in [0.05, 0.1) is 36.7 Å². The molecule has 0 unspecified atom stereocenters. The van der Waals surface area contributed by atoms with Crippen LogP contribution in [0.5, 0.6) is 11.6 Å². The maximum absolute atomic E-state index is 13.7. The molecule has 0 aliphatic rings. The molecule has 4 rings (SSSR count). The second-order valence-corrected chi connectivity index (χ2v) is 11.2. The van der Waals surface area contributed by atoms with E-state index in [2.05, 4.69) is 9.97 Å². The van der Waals surface area contributed by atoms with Crippen LogP contribution < -0.4 is 15.2 Å². The summed E-state index contributed by atoms with van der Waals surface area (Å²) in [6.07, 6.45) is -2.30. The van der Waals surface area contributed by atoms with Crippen molar-refractivity contribution in [3.63, 3.8) is 0 Å². The number of fused-ring (bicyclic) bond motifs is 1. The van der Waals surface area contributed by atoms with Gasteiger partial charge in [-0.3, -0.25) is 9.13 Å². The number of nitrogens with zero attached hydrogens (tertiary/aromatic N) is 4. The third kappa shape index (κ3) is 5.92. The average molecular weight is 565 g/mol. The summed E-state index contributed by atoms with van der Waals surface area (Å²) in [5, 5.41) is 0. The first-order valence-corrected chi connectivity index (χ1v) is 14.0. The number of hydrogen-bond acceptors (Lipinski definition) is 7. The first kappa shape index (κ1) is 28.1. The molecule has 0 saturated heterocycles. The Hall–Kier alpha value is -3.87. The lowest BCUT2D eigenvalue weighted by Crippen LogP contribution is -2.34. The van der Waals surface area contributed by atoms with Crippen molar-refractivity contribution < 1.29 is 31.1 Å². The number of pyridine rings is 2. The van der Waals surface area contributed by atoms with Crippen molar-refractivity contribution >= 4 is 21.0 Å². The van der Waals surface area contributed by atoms with Gasteiger partial charge in [-0.15, -0.1) is 0 Å². The Morgan fingerprint density at radius 3 is 2.38 bits per heavy atom. The SMILES string of the molecule is CCOc1nc([C@@H](CS(C)(=O)=O)n2c(=O)n(CC(F)(F)F)c3c(C)c(-c4ccccc4)cnc32)ccc1OC. The fourth-order valence-corrected chi connectivity index (χ4v) is 5.41. The fraction of sp³-hybridized carbons (Fsp3) is 0.346. The molecule has 13 heteroatoms. The molecular formula is C26H27F3N4O5S. The summed E-state index contributed by atoms with van der Waals surface area (Å²) in [5.41, 5.74) is 0.520. The zero-order valence-electron chi connectivity index (χ0n) is 21.7. The van der Waals surface area contributed by atoms with Gasteiger partial charge in [-0.25, -0.2) is 23.2 Å². The predicted molar refractivity (Wildman–Crippen MR) is 140 cm³/mol. The molecule has 0 aliphatic heterocycles. The van der Waals surface area contributed by atoms with E-state index in [-0.39, 0.29) is 35.1 Å². The molecule has 1 atom stereocenters. The van der Waals surface area contributed by atoms with Crippen LogP contribution in [0.25, 0.3) is 22.3 Å². The van der Waals surface area contributed by atoms with Crippen LogP contribution in [0.4, 0.5) is 13.2 Å². The third-order valence-electron chi connectivity index (χ3n) is 6.11. The van der Waals surface area contributed by atoms with E-state index >= 15 is 0 Å². The maximum atomic E-state index is 13.7. The molecule has 4 aromatic rings. The molecule has 0 spiro atoms. The highest BCUT2D eigenvalue weighted by Crippen LogP contribution is 2.33. The zero-order chi connectivity index (χ0) is 28.5. The van der Waals surface area contributed by atoms with Crippen LogP contribution in [0, 0.1) is 6.92 Å². The number of rotatable bonds is 9. The molecule has 208 valence electrons. The van der Waals surface area contributed by atoms with Crippen molar-refractivity contribution in [2.75, 3.05) is 25.7 Å². The van der Waals surface area contributed by atoms with Gasteiger partial charge in [0.1, 0.15) is 16.4 Å². The first-order valence-electron chi connectivity index (χ1n) is 11.9. The minimum absolute atomic E-state index is 0.0456. The number of aromatic nitrogens is 4. The highest BCUT2D eigenvalue weighted by molar-refractivity contribution is 7.90. The van der Waals surface area contributed by atoms with Gasteiger partial charge in [0.2, 0.25) is 0 Å². The minimum atomic E-state index is -4.73. The van der Waals surface area contributed by atoms with E-state index in [1.807, 2.05) is 0 Å². The minimum Gasteiger partial charge on any atom is -0.491 e. The smallest absolute Gasteiger partial charge is 0.406 e. The topological polar surface area (TPSA) is 105 Å². The van der Waals surface area contributed by atoms with Crippen LogP contribution in [0.15, 0.2) is 53.5 Å². The van der Waals surface area contributed by atoms with Crippen molar-refractivity contribution in [1.82, 2.24) is 19.1 Å². The summed E-state index contributed by atoms with van der Waals surface area (Å²) in [6.45, 7) is 1.96. The number of sulfone groups is 1. The normalized spacial score (nSPS) is 13.0. The molecule has 3 aromatic heterocycles. The van der Waals surface area contributed by atoms with Crippen LogP contribution in [0.3, 0.4) is 0 Å². The van der Waals surface area contributed by atoms with Crippen molar-refractivity contribution in [2.24, 2.45) is 0 Å². The van der Waals surface area contributed by atoms with Gasteiger partial charge in [0, 0.05) is 18.0 Å². The fourth-order valence-electron chi connectivity index (χ4n) is 4.51. The van der Waals surface area contributed by atoms with Gasteiger partial charge >= 0.3 is 11.9 Å². The van der Waals surface area contributed by atoms with Gasteiger partial charge in [0.15, 0.2) is 11.4 Å². The molecule has 0 bridgehead atoms. The lowest BCUT2D eigenvalue weighted by molar-refractivity contribution is -0.140. The number of hydrogen-bond donors (Lipinski definition) is 0. The molecule has 0 radical (unpaired) electrons. The van der Waals surface area contributed by atoms with Crippen molar-refractivity contribution in [1.29, 1.82) is 0 Å². The van der Waals surface area contributed by atoms with E-state index in [9.17, 15) is 26.4 Å². The van der Waals surface area contributed by atoms with Crippen LogP contribution in [0.2, 0.25) is 0 Å². The Morgan fingerprint density at radius 1 is 1.10 bits per heavy atom. The van der Waals surface area contributed by atoms with Crippen LogP contribution in [0.1, 0.15) is 24.2 Å². The van der Waals surface area contributed by atoms with Crippen LogP contribution in [-0.2, 0) is 16.4 Å². The quantitative estimate of drug-likeness (QED) is 0.301. The van der Waals surface area contributed by atoms with Crippen LogP contribution >= 0.6 is 0 Å². The Labute approximate surface area is 222 Å². The Balaban J connectivity index is 2.06. The standard InChI is InChI=1S/C26H27F3N4O5S/c1-5-38-24-21(37-3)12-11-19(31-24)20(14-39(4,35)36)33-23-22(32(25(33)34)15-26(27,28)29)16(2)18(13-30-23)17-9-7-6-8-10-17/h6-13,20H,5,14-15H2,1-4H3/t20-/m1/s1. The summed E-state index contributed by atoms with van der Waals surface area (Å²) in [5.74, 6) is -0.296. The lowest BCUT2D eigenvalue weighted by atomic mass is 10.0. The molecule has 0 fully saturated rings. The number of imidazole rings is 1. The molecule has 0 N–H and O–H groups in total. The first-order chi connectivity index (χ1) is 18.3. The number of aryl methyl sites for hydroxylation is 1. The maximum Gasteiger partial charge on any atom is 0.406 e. The Bertz CT molecular complexity index is 1670. The number of halogens is 3. The second kappa shape index (κ2) is 10.7. The molecule has 39 heavy (non-hydrogen) atoms. The Morgan fingerprint density at radius 2 is 1.79 bits per heavy atom. The molecular weight excluding hydrogens is 537 g/mol. The average Bonchev–Trinajstić information content (AvgIpc) is 3.13. The summed E-state index contributed by atoms with van der Waals surface area (Å²) in [7, 11) is -2.36. The summed E-state index contributed by atoms with van der Waals surface area (Å²) < 4.78 is 78.4. The van der Waals surface area contributed by atoms with E-state index in [1.165, 1.54) is 25.4 Å². The molecule has 0 aliphatic carbocycles. The van der Waals surface area contributed by atoms with E-state index in [1.54, 1.807) is 44.2 Å². The molecule has 1 aromatic carbocycles. The zero-order valence-corrected chi connectivity index (χ0v) is 22.5. The van der Waals surface area contributed by atoms with E-state index < -0.39 is 40.0 Å². The van der Waals surface area contributed by atoms with E-state index in [0.717, 1.165) is 10.8 Å². The summed E-state index contributed by atoms with van der Waals surface area (Å²) >= 11 is 0. The van der Waals surface area contributed by atoms with Gasteiger partial charge in [-0.05, 0) is 37.1 Å². The number of methoxy groups -OCH3 is 1. The Kier molecular flexibility index (Phi) is 7.73. The third-order valence-corrected chi connectivity index (χ3v) is 7.03. The number of alkyl halides is 3. The molecule has 3 heterocycles. The van der Waals surface area contributed by atoms with Crippen molar-refractivity contribution in [2.45, 2.75) is 32.6 Å². The predicted octanol–water partition coefficient (Wildman–Crippen LogP) is 4.17. The van der Waals surface area contributed by atoms with Gasteiger partial charge in [-0.2, -0.15) is 13.2 Å². The number of ether oxygens (including phenoxy) is 2. The van der Waals surface area contributed by atoms with Crippen molar-refractivity contribution in [3.05, 3.63) is 70.4 Å². The molecule has 0 amide bonds. The lowest BCUT2D eigenvalue weighted by Gasteiger charge is -2.19. The van der Waals surface area contributed by atoms with E-state index in [4.69, 9.17) is 9.47 Å². The highest BCUT2D eigenvalue weighted by atomic mass is 32.2. The largest absolute Gasteiger partial charge is 0.491 e. The second-order valence-electron chi connectivity index (χ2n) is 8.97. The molecule has 9 nitrogen and oxygen atoms in total. The van der Waals surface area contributed by atoms with Crippen LogP contribution in [-0.4, -0.2) is 59.4 Å². The summed E-state index contributed by atoms with van der Waals surface area (Å²) in [4.78, 5) is 22.5. The molecule has 0 saturated carbocycles. The van der Waals surface area contributed by atoms with E-state index in [0.29, 0.717) is 21.3 Å². The highest BCUT2D eigenvalue weighted by Gasteiger charge is 2.34. The van der Waals surface area contributed by atoms with Gasteiger partial charge < -0.3 is 9.47 Å². The summed E-state index contributed by atoms with van der Waals surface area (Å²) in [6, 6.07) is 10.6. The monoisotopic (exact) mass is 564 g/mol.